The summed E-state index contributed by atoms with van der Waals surface area (Å²) in [6.07, 6.45) is 9.00. The highest BCUT2D eigenvalue weighted by molar-refractivity contribution is 5.78. The summed E-state index contributed by atoms with van der Waals surface area (Å²) in [5.41, 5.74) is 7.12. The number of amides is 1. The first-order valence-electron chi connectivity index (χ1n) is 9.50. The van der Waals surface area contributed by atoms with E-state index < -0.39 is 0 Å². The second-order valence-electron chi connectivity index (χ2n) is 7.68. The van der Waals surface area contributed by atoms with Crippen LogP contribution in [0.15, 0.2) is 12.8 Å². The number of anilines is 2. The van der Waals surface area contributed by atoms with Crippen LogP contribution in [0.1, 0.15) is 50.5 Å². The Hall–Kier alpha value is -2.31. The van der Waals surface area contributed by atoms with Crippen LogP contribution in [0, 0.1) is 5.92 Å². The molecule has 142 valence electrons. The fourth-order valence-corrected chi connectivity index (χ4v) is 3.57. The van der Waals surface area contributed by atoms with Gasteiger partial charge in [0.2, 0.25) is 11.9 Å². The molecule has 0 aliphatic heterocycles. The number of nitrogens with one attached hydrogen (secondary N) is 2. The molecule has 2 saturated carbocycles. The summed E-state index contributed by atoms with van der Waals surface area (Å²) < 4.78 is 0. The van der Waals surface area contributed by atoms with Crippen molar-refractivity contribution < 1.29 is 4.79 Å². The number of nitrogens with zero attached hydrogens (tertiary/aromatic N) is 3. The van der Waals surface area contributed by atoms with E-state index in [9.17, 15) is 4.79 Å². The number of carbonyl (C=O) groups excluding carboxylic acids is 1. The number of hydrogen-bond donors (Lipinski definition) is 3. The normalized spacial score (nSPS) is 23.0. The molecule has 0 radical (unpaired) electrons. The van der Waals surface area contributed by atoms with Crippen molar-refractivity contribution in [3.8, 4) is 0 Å². The minimum Gasteiger partial charge on any atom is -0.399 e. The Balaban J connectivity index is 1.65. The third-order valence-corrected chi connectivity index (χ3v) is 5.43. The van der Waals surface area contributed by atoms with E-state index in [1.165, 1.54) is 19.3 Å². The van der Waals surface area contributed by atoms with Gasteiger partial charge in [-0.25, -0.2) is 4.98 Å². The Bertz CT molecular complexity index is 662. The molecule has 2 aliphatic carbocycles. The summed E-state index contributed by atoms with van der Waals surface area (Å²) >= 11 is 0. The molecule has 2 aliphatic rings. The molecule has 0 bridgehead atoms. The Kier molecular flexibility index (Phi) is 5.64. The first-order valence-corrected chi connectivity index (χ1v) is 9.50. The number of hydrogen-bond acceptors (Lipinski definition) is 6. The van der Waals surface area contributed by atoms with Crippen LogP contribution in [-0.4, -0.2) is 47.0 Å². The van der Waals surface area contributed by atoms with Crippen LogP contribution in [0.25, 0.3) is 5.70 Å². The molecule has 7 heteroatoms. The van der Waals surface area contributed by atoms with E-state index in [1.54, 1.807) is 11.1 Å². The molecule has 1 aromatic heterocycles. The SMILES string of the molecule is C=C(N)c1cnc(NC2CCC2)nc1N[C@H]1CC[C@@H](C(=O)N(C)C)CC1. The molecule has 26 heavy (non-hydrogen) atoms. The van der Waals surface area contributed by atoms with Crippen molar-refractivity contribution in [3.63, 3.8) is 0 Å². The molecular weight excluding hydrogens is 328 g/mol. The molecule has 1 aromatic rings. The van der Waals surface area contributed by atoms with Gasteiger partial charge in [0.25, 0.3) is 0 Å². The van der Waals surface area contributed by atoms with Crippen molar-refractivity contribution in [2.45, 2.75) is 57.0 Å². The third-order valence-electron chi connectivity index (χ3n) is 5.43. The average Bonchev–Trinajstić information content (AvgIpc) is 2.58. The lowest BCUT2D eigenvalue weighted by Crippen LogP contribution is -2.35. The molecule has 1 heterocycles. The van der Waals surface area contributed by atoms with Gasteiger partial charge >= 0.3 is 0 Å². The molecule has 0 unspecified atom stereocenters. The Morgan fingerprint density at radius 2 is 1.81 bits per heavy atom. The third kappa shape index (κ3) is 4.26. The Labute approximate surface area is 155 Å². The van der Waals surface area contributed by atoms with E-state index >= 15 is 0 Å². The van der Waals surface area contributed by atoms with Crippen LogP contribution in [0.4, 0.5) is 11.8 Å². The van der Waals surface area contributed by atoms with Crippen LogP contribution in [0.3, 0.4) is 0 Å². The maximum atomic E-state index is 12.1. The van der Waals surface area contributed by atoms with Gasteiger partial charge in [-0.05, 0) is 44.9 Å². The summed E-state index contributed by atoms with van der Waals surface area (Å²) in [6.45, 7) is 3.84. The van der Waals surface area contributed by atoms with Gasteiger partial charge in [0.15, 0.2) is 0 Å². The lowest BCUT2D eigenvalue weighted by molar-refractivity contribution is -0.133. The quantitative estimate of drug-likeness (QED) is 0.723. The Morgan fingerprint density at radius 1 is 1.15 bits per heavy atom. The molecule has 0 saturated heterocycles. The lowest BCUT2D eigenvalue weighted by atomic mass is 9.85. The summed E-state index contributed by atoms with van der Waals surface area (Å²) in [7, 11) is 3.65. The van der Waals surface area contributed by atoms with Crippen molar-refractivity contribution >= 4 is 23.4 Å². The highest BCUT2D eigenvalue weighted by Crippen LogP contribution is 2.29. The molecule has 7 nitrogen and oxygen atoms in total. The minimum absolute atomic E-state index is 0.133. The summed E-state index contributed by atoms with van der Waals surface area (Å²) in [5, 5.41) is 6.89. The molecule has 0 atom stereocenters. The largest absolute Gasteiger partial charge is 0.399 e. The fraction of sp³-hybridized carbons (Fsp3) is 0.632. The van der Waals surface area contributed by atoms with Gasteiger partial charge in [-0.1, -0.05) is 6.58 Å². The monoisotopic (exact) mass is 358 g/mol. The predicted molar refractivity (Wildman–Crippen MR) is 105 cm³/mol. The van der Waals surface area contributed by atoms with Crippen molar-refractivity contribution in [2.24, 2.45) is 11.7 Å². The maximum absolute atomic E-state index is 12.1. The van der Waals surface area contributed by atoms with Crippen LogP contribution < -0.4 is 16.4 Å². The molecule has 0 aromatic carbocycles. The minimum atomic E-state index is 0.133. The predicted octanol–water partition coefficient (Wildman–Crippen LogP) is 2.43. The van der Waals surface area contributed by atoms with E-state index in [0.717, 1.165) is 37.1 Å². The smallest absolute Gasteiger partial charge is 0.225 e. The molecule has 3 rings (SSSR count). The topological polar surface area (TPSA) is 96.2 Å². The van der Waals surface area contributed by atoms with Gasteiger partial charge in [0, 0.05) is 44.0 Å². The maximum Gasteiger partial charge on any atom is 0.225 e. The Morgan fingerprint density at radius 3 is 2.35 bits per heavy atom. The van der Waals surface area contributed by atoms with E-state index in [-0.39, 0.29) is 17.9 Å². The van der Waals surface area contributed by atoms with Crippen molar-refractivity contribution in [1.82, 2.24) is 14.9 Å². The molecule has 2 fully saturated rings. The van der Waals surface area contributed by atoms with Gasteiger partial charge in [0.1, 0.15) is 5.82 Å². The lowest BCUT2D eigenvalue weighted by Gasteiger charge is -2.31. The van der Waals surface area contributed by atoms with Crippen LogP contribution in [0.2, 0.25) is 0 Å². The number of aromatic nitrogens is 2. The number of carbonyl (C=O) groups is 1. The van der Waals surface area contributed by atoms with Crippen LogP contribution in [-0.2, 0) is 4.79 Å². The molecule has 1 amide bonds. The number of rotatable bonds is 6. The average molecular weight is 358 g/mol. The molecular formula is C19H30N6O. The standard InChI is InChI=1S/C19H30N6O/c1-12(20)16-11-21-19(23-14-5-4-6-14)24-17(16)22-15-9-7-13(8-10-15)18(26)25(2)3/h11,13-15H,1,4-10,20H2,2-3H3,(H2,21,22,23,24)/t13-,15+. The van der Waals surface area contributed by atoms with Crippen molar-refractivity contribution in [3.05, 3.63) is 18.3 Å². The van der Waals surface area contributed by atoms with Gasteiger partial charge in [0.05, 0.1) is 5.56 Å². The van der Waals surface area contributed by atoms with E-state index in [1.807, 2.05) is 14.1 Å². The van der Waals surface area contributed by atoms with E-state index in [2.05, 4.69) is 27.2 Å². The van der Waals surface area contributed by atoms with Gasteiger partial charge in [-0.3, -0.25) is 4.79 Å². The molecule has 0 spiro atoms. The highest BCUT2D eigenvalue weighted by Gasteiger charge is 2.28. The second kappa shape index (κ2) is 7.93. The summed E-state index contributed by atoms with van der Waals surface area (Å²) in [6, 6.07) is 0.757. The van der Waals surface area contributed by atoms with Crippen molar-refractivity contribution in [1.29, 1.82) is 0 Å². The zero-order valence-electron chi connectivity index (χ0n) is 15.8. The van der Waals surface area contributed by atoms with Crippen LogP contribution in [0.5, 0.6) is 0 Å². The summed E-state index contributed by atoms with van der Waals surface area (Å²) in [5.74, 6) is 1.73. The van der Waals surface area contributed by atoms with Gasteiger partial charge in [-0.15, -0.1) is 0 Å². The van der Waals surface area contributed by atoms with E-state index in [4.69, 9.17) is 5.73 Å². The van der Waals surface area contributed by atoms with E-state index in [0.29, 0.717) is 17.7 Å². The second-order valence-corrected chi connectivity index (χ2v) is 7.68. The zero-order chi connectivity index (χ0) is 18.7. The van der Waals surface area contributed by atoms with Gasteiger partial charge < -0.3 is 21.3 Å². The first kappa shape index (κ1) is 18.5. The first-order chi connectivity index (χ1) is 12.4. The highest BCUT2D eigenvalue weighted by atomic mass is 16.2. The zero-order valence-corrected chi connectivity index (χ0v) is 15.8. The van der Waals surface area contributed by atoms with Gasteiger partial charge in [-0.2, -0.15) is 4.98 Å². The van der Waals surface area contributed by atoms with Crippen molar-refractivity contribution in [2.75, 3.05) is 24.7 Å². The number of nitrogens with two attached hydrogens (primary N) is 1. The summed E-state index contributed by atoms with van der Waals surface area (Å²) in [4.78, 5) is 22.8. The molecule has 4 N–H and O–H groups in total. The fourth-order valence-electron chi connectivity index (χ4n) is 3.57. The van der Waals surface area contributed by atoms with Crippen LogP contribution >= 0.6 is 0 Å².